The van der Waals surface area contributed by atoms with Crippen LogP contribution in [0.25, 0.3) is 10.9 Å². The molecule has 1 aliphatic carbocycles. The minimum atomic E-state index is -0.0819. The fourth-order valence-corrected chi connectivity index (χ4v) is 2.51. The fourth-order valence-electron chi connectivity index (χ4n) is 2.51. The van der Waals surface area contributed by atoms with Crippen molar-refractivity contribution in [2.45, 2.75) is 25.3 Å². The molecule has 0 radical (unpaired) electrons. The summed E-state index contributed by atoms with van der Waals surface area (Å²) in [7, 11) is 0. The van der Waals surface area contributed by atoms with Crippen molar-refractivity contribution in [1.82, 2.24) is 10.3 Å². The first-order valence-corrected chi connectivity index (χ1v) is 6.77. The van der Waals surface area contributed by atoms with Gasteiger partial charge < -0.3 is 15.4 Å². The number of aliphatic hydroxyl groups is 1. The summed E-state index contributed by atoms with van der Waals surface area (Å²) >= 11 is 0. The minimum absolute atomic E-state index is 0.0819. The van der Waals surface area contributed by atoms with Crippen LogP contribution in [0.5, 0.6) is 0 Å². The lowest BCUT2D eigenvalue weighted by Crippen LogP contribution is -2.37. The van der Waals surface area contributed by atoms with Crippen LogP contribution in [0.3, 0.4) is 0 Å². The second kappa shape index (κ2) is 5.05. The molecule has 1 heterocycles. The molecular formula is C15H18N2O2. The Morgan fingerprint density at radius 2 is 2.21 bits per heavy atom. The first-order chi connectivity index (χ1) is 9.28. The van der Waals surface area contributed by atoms with Gasteiger partial charge in [0.2, 0.25) is 0 Å². The maximum atomic E-state index is 12.2. The quantitative estimate of drug-likeness (QED) is 0.768. The van der Waals surface area contributed by atoms with Gasteiger partial charge in [-0.2, -0.15) is 0 Å². The van der Waals surface area contributed by atoms with Gasteiger partial charge in [-0.1, -0.05) is 18.2 Å². The van der Waals surface area contributed by atoms with E-state index < -0.39 is 0 Å². The zero-order chi connectivity index (χ0) is 13.2. The summed E-state index contributed by atoms with van der Waals surface area (Å²) in [5.41, 5.74) is 1.56. The number of H-pyrrole nitrogens is 1. The van der Waals surface area contributed by atoms with Crippen LogP contribution >= 0.6 is 0 Å². The number of hydrogen-bond donors (Lipinski definition) is 3. The van der Waals surface area contributed by atoms with E-state index in [2.05, 4.69) is 10.3 Å². The molecule has 4 nitrogen and oxygen atoms in total. The molecule has 0 spiro atoms. The van der Waals surface area contributed by atoms with Gasteiger partial charge in [0.15, 0.2) is 0 Å². The first kappa shape index (κ1) is 12.2. The van der Waals surface area contributed by atoms with Gasteiger partial charge >= 0.3 is 0 Å². The van der Waals surface area contributed by atoms with Gasteiger partial charge in [0.05, 0.1) is 0 Å². The van der Waals surface area contributed by atoms with E-state index in [1.807, 2.05) is 30.3 Å². The van der Waals surface area contributed by atoms with Crippen LogP contribution in [-0.4, -0.2) is 28.6 Å². The maximum Gasteiger partial charge on any atom is 0.267 e. The first-order valence-electron chi connectivity index (χ1n) is 6.77. The standard InChI is InChI=1S/C15H18N2O2/c18-8-7-13(10-5-6-10)17-15(19)14-9-11-3-1-2-4-12(11)16-14/h1-4,9-10,13,16,18H,5-8H2,(H,17,19). The molecule has 1 aromatic heterocycles. The number of nitrogens with one attached hydrogen (secondary N) is 2. The number of carbonyl (C=O) groups excluding carboxylic acids is 1. The molecule has 3 N–H and O–H groups in total. The molecule has 1 unspecified atom stereocenters. The Balaban J connectivity index is 1.75. The van der Waals surface area contributed by atoms with Crippen LogP contribution in [0.15, 0.2) is 30.3 Å². The molecule has 100 valence electrons. The Morgan fingerprint density at radius 1 is 1.42 bits per heavy atom. The predicted molar refractivity (Wildman–Crippen MR) is 74.0 cm³/mol. The van der Waals surface area contributed by atoms with Gasteiger partial charge in [0, 0.05) is 23.6 Å². The van der Waals surface area contributed by atoms with Crippen molar-refractivity contribution < 1.29 is 9.90 Å². The molecular weight excluding hydrogens is 240 g/mol. The third-order valence-electron chi connectivity index (χ3n) is 3.72. The van der Waals surface area contributed by atoms with Crippen LogP contribution in [0.4, 0.5) is 0 Å². The average Bonchev–Trinajstić information content (AvgIpc) is 3.16. The number of rotatable bonds is 5. The largest absolute Gasteiger partial charge is 0.396 e. The van der Waals surface area contributed by atoms with Gasteiger partial charge in [-0.05, 0) is 37.3 Å². The van der Waals surface area contributed by atoms with Crippen molar-refractivity contribution in [3.05, 3.63) is 36.0 Å². The Morgan fingerprint density at radius 3 is 2.89 bits per heavy atom. The fraction of sp³-hybridized carbons (Fsp3) is 0.400. The zero-order valence-corrected chi connectivity index (χ0v) is 10.7. The van der Waals surface area contributed by atoms with E-state index in [1.54, 1.807) is 0 Å². The Labute approximate surface area is 111 Å². The smallest absolute Gasteiger partial charge is 0.267 e. The molecule has 1 saturated carbocycles. The topological polar surface area (TPSA) is 65.1 Å². The van der Waals surface area contributed by atoms with Crippen molar-refractivity contribution in [1.29, 1.82) is 0 Å². The van der Waals surface area contributed by atoms with E-state index >= 15 is 0 Å². The predicted octanol–water partition coefficient (Wildman–Crippen LogP) is 2.06. The van der Waals surface area contributed by atoms with Crippen molar-refractivity contribution >= 4 is 16.8 Å². The highest BCUT2D eigenvalue weighted by molar-refractivity contribution is 5.98. The third kappa shape index (κ3) is 2.63. The number of carbonyl (C=O) groups is 1. The van der Waals surface area contributed by atoms with Crippen LogP contribution < -0.4 is 5.32 Å². The molecule has 0 saturated heterocycles. The molecule has 1 fully saturated rings. The zero-order valence-electron chi connectivity index (χ0n) is 10.7. The lowest BCUT2D eigenvalue weighted by atomic mass is 10.1. The van der Waals surface area contributed by atoms with Gasteiger partial charge in [0.1, 0.15) is 5.69 Å². The van der Waals surface area contributed by atoms with E-state index in [0.29, 0.717) is 18.0 Å². The second-order valence-corrected chi connectivity index (χ2v) is 5.20. The average molecular weight is 258 g/mol. The van der Waals surface area contributed by atoms with Crippen LogP contribution in [0.2, 0.25) is 0 Å². The Hall–Kier alpha value is -1.81. The van der Waals surface area contributed by atoms with Crippen LogP contribution in [0, 0.1) is 5.92 Å². The molecule has 2 aromatic rings. The summed E-state index contributed by atoms with van der Waals surface area (Å²) < 4.78 is 0. The second-order valence-electron chi connectivity index (χ2n) is 5.20. The summed E-state index contributed by atoms with van der Waals surface area (Å²) in [5.74, 6) is 0.460. The summed E-state index contributed by atoms with van der Waals surface area (Å²) in [6.07, 6.45) is 2.94. The van der Waals surface area contributed by atoms with Gasteiger partial charge in [-0.25, -0.2) is 0 Å². The lowest BCUT2D eigenvalue weighted by Gasteiger charge is -2.16. The van der Waals surface area contributed by atoms with Crippen molar-refractivity contribution in [3.63, 3.8) is 0 Å². The number of aliphatic hydroxyl groups excluding tert-OH is 1. The number of aromatic amines is 1. The molecule has 3 rings (SSSR count). The van der Waals surface area contributed by atoms with E-state index in [9.17, 15) is 4.79 Å². The van der Waals surface area contributed by atoms with E-state index in [-0.39, 0.29) is 18.6 Å². The van der Waals surface area contributed by atoms with Crippen molar-refractivity contribution in [3.8, 4) is 0 Å². The van der Waals surface area contributed by atoms with Crippen molar-refractivity contribution in [2.75, 3.05) is 6.61 Å². The lowest BCUT2D eigenvalue weighted by molar-refractivity contribution is 0.0920. The number of fused-ring (bicyclic) bond motifs is 1. The van der Waals surface area contributed by atoms with E-state index in [4.69, 9.17) is 5.11 Å². The summed E-state index contributed by atoms with van der Waals surface area (Å²) in [6.45, 7) is 0.119. The molecule has 1 aromatic carbocycles. The molecule has 0 aliphatic heterocycles. The number of aromatic nitrogens is 1. The van der Waals surface area contributed by atoms with Crippen LogP contribution in [0.1, 0.15) is 29.8 Å². The Kier molecular flexibility index (Phi) is 3.25. The van der Waals surface area contributed by atoms with Crippen LogP contribution in [-0.2, 0) is 0 Å². The molecule has 1 amide bonds. The highest BCUT2D eigenvalue weighted by atomic mass is 16.3. The Bertz CT molecular complexity index is 554. The molecule has 1 aliphatic rings. The number of benzene rings is 1. The molecule has 1 atom stereocenters. The number of para-hydroxylation sites is 1. The summed E-state index contributed by atoms with van der Waals surface area (Å²) in [4.78, 5) is 15.3. The highest BCUT2D eigenvalue weighted by Gasteiger charge is 2.32. The molecule has 0 bridgehead atoms. The SMILES string of the molecule is O=C(NC(CCO)C1CC1)c1cc2ccccc2[nH]1. The molecule has 4 heteroatoms. The normalized spacial score (nSPS) is 16.5. The van der Waals surface area contributed by atoms with Gasteiger partial charge in [-0.3, -0.25) is 4.79 Å². The monoisotopic (exact) mass is 258 g/mol. The number of hydrogen-bond acceptors (Lipinski definition) is 2. The minimum Gasteiger partial charge on any atom is -0.396 e. The molecule has 19 heavy (non-hydrogen) atoms. The highest BCUT2D eigenvalue weighted by Crippen LogP contribution is 2.34. The van der Waals surface area contributed by atoms with Crippen molar-refractivity contribution in [2.24, 2.45) is 5.92 Å². The summed E-state index contributed by atoms with van der Waals surface area (Å²) in [6, 6.07) is 9.81. The third-order valence-corrected chi connectivity index (χ3v) is 3.72. The van der Waals surface area contributed by atoms with Gasteiger partial charge in [-0.15, -0.1) is 0 Å². The number of amides is 1. The van der Waals surface area contributed by atoms with Gasteiger partial charge in [0.25, 0.3) is 5.91 Å². The summed E-state index contributed by atoms with van der Waals surface area (Å²) in [5, 5.41) is 13.1. The van der Waals surface area contributed by atoms with E-state index in [1.165, 1.54) is 0 Å². The maximum absolute atomic E-state index is 12.2. The van der Waals surface area contributed by atoms with E-state index in [0.717, 1.165) is 23.7 Å².